The number of carbonyl (C=O) groups is 2. The lowest BCUT2D eigenvalue weighted by Crippen LogP contribution is -2.48. The van der Waals surface area contributed by atoms with Gasteiger partial charge in [0.1, 0.15) is 5.54 Å². The first-order chi connectivity index (χ1) is 14.4. The number of hydrogen-bond acceptors (Lipinski definition) is 5. The Morgan fingerprint density at radius 2 is 1.67 bits per heavy atom. The van der Waals surface area contributed by atoms with Crippen molar-refractivity contribution in [3.8, 4) is 6.07 Å². The molecule has 1 spiro atoms. The van der Waals surface area contributed by atoms with Gasteiger partial charge in [0, 0.05) is 19.6 Å². The van der Waals surface area contributed by atoms with Crippen LogP contribution in [0.3, 0.4) is 0 Å². The second kappa shape index (κ2) is 10.1. The van der Waals surface area contributed by atoms with Gasteiger partial charge in [-0.05, 0) is 44.6 Å². The lowest BCUT2D eigenvalue weighted by molar-refractivity contribution is -0.133. The van der Waals surface area contributed by atoms with Gasteiger partial charge in [-0.1, -0.05) is 44.2 Å². The number of nitrogens with one attached hydrogen (secondary N) is 1. The molecule has 1 aliphatic heterocycles. The monoisotopic (exact) mass is 411 g/mol. The summed E-state index contributed by atoms with van der Waals surface area (Å²) in [5.41, 5.74) is 0.971. The molecule has 7 heteroatoms. The molecule has 0 unspecified atom stereocenters. The van der Waals surface area contributed by atoms with Crippen LogP contribution in [0.5, 0.6) is 0 Å². The molecule has 0 aromatic heterocycles. The fourth-order valence-electron chi connectivity index (χ4n) is 4.34. The maximum absolute atomic E-state index is 13.3. The van der Waals surface area contributed by atoms with Crippen molar-refractivity contribution < 1.29 is 9.59 Å². The number of nitrogens with zero attached hydrogens (tertiary/aromatic N) is 4. The quantitative estimate of drug-likeness (QED) is 0.698. The van der Waals surface area contributed by atoms with Gasteiger partial charge in [0.25, 0.3) is 5.91 Å². The molecule has 2 aliphatic rings. The fraction of sp³-hybridized carbons (Fsp3) is 0.609. The summed E-state index contributed by atoms with van der Waals surface area (Å²) in [5, 5.41) is 12.1. The number of urea groups is 1. The van der Waals surface area contributed by atoms with Crippen LogP contribution in [0.25, 0.3) is 0 Å². The molecular weight excluding hydrogens is 378 g/mol. The molecule has 7 nitrogen and oxygen atoms in total. The SMILES string of the molecule is CN(C)CCN(Cc1ccc(C#N)cc1)CN1C(=O)NC2(CCCCCCC2)C1=O. The van der Waals surface area contributed by atoms with E-state index < -0.39 is 5.54 Å². The standard InChI is InChI=1S/C23H33N5O2/c1-26(2)14-15-27(17-20-10-8-19(16-24)9-11-20)18-28-21(29)23(25-22(28)30)12-6-4-3-5-7-13-23/h8-11H,3-7,12-15,17-18H2,1-2H3,(H,25,30). The molecule has 0 atom stereocenters. The van der Waals surface area contributed by atoms with Crippen LogP contribution in [0.15, 0.2) is 24.3 Å². The van der Waals surface area contributed by atoms with E-state index in [1.165, 1.54) is 11.3 Å². The fourth-order valence-corrected chi connectivity index (χ4v) is 4.34. The van der Waals surface area contributed by atoms with Gasteiger partial charge in [-0.25, -0.2) is 9.69 Å². The topological polar surface area (TPSA) is 79.7 Å². The smallest absolute Gasteiger partial charge is 0.323 e. The minimum atomic E-state index is -0.709. The Balaban J connectivity index is 1.72. The summed E-state index contributed by atoms with van der Waals surface area (Å²) < 4.78 is 0. The Bertz CT molecular complexity index is 776. The van der Waals surface area contributed by atoms with Crippen molar-refractivity contribution in [1.29, 1.82) is 5.26 Å². The van der Waals surface area contributed by atoms with E-state index in [1.54, 1.807) is 12.1 Å². The van der Waals surface area contributed by atoms with Gasteiger partial charge in [-0.15, -0.1) is 0 Å². The average molecular weight is 412 g/mol. The van der Waals surface area contributed by atoms with Crippen molar-refractivity contribution >= 4 is 11.9 Å². The van der Waals surface area contributed by atoms with Crippen LogP contribution in [0.2, 0.25) is 0 Å². The minimum Gasteiger partial charge on any atom is -0.323 e. The number of rotatable bonds is 7. The van der Waals surface area contributed by atoms with E-state index in [4.69, 9.17) is 5.26 Å². The van der Waals surface area contributed by atoms with Crippen LogP contribution < -0.4 is 5.32 Å². The Morgan fingerprint density at radius 3 is 2.27 bits per heavy atom. The number of imide groups is 1. The number of likely N-dealkylation sites (N-methyl/N-ethyl adjacent to an activating group) is 1. The molecule has 0 bridgehead atoms. The normalized spacial score (nSPS) is 19.1. The number of carbonyl (C=O) groups excluding carboxylic acids is 2. The Hall–Kier alpha value is -2.43. The van der Waals surface area contributed by atoms with Crippen LogP contribution >= 0.6 is 0 Å². The van der Waals surface area contributed by atoms with E-state index in [0.29, 0.717) is 12.1 Å². The number of amides is 3. The zero-order valence-electron chi connectivity index (χ0n) is 18.2. The Morgan fingerprint density at radius 1 is 1.03 bits per heavy atom. The lowest BCUT2D eigenvalue weighted by Gasteiger charge is -2.30. The molecule has 2 fully saturated rings. The molecule has 1 N–H and O–H groups in total. The van der Waals surface area contributed by atoms with Crippen LogP contribution in [-0.2, 0) is 11.3 Å². The van der Waals surface area contributed by atoms with Crippen LogP contribution in [-0.4, -0.2) is 66.0 Å². The first kappa shape index (κ1) is 22.3. The molecule has 162 valence electrons. The average Bonchev–Trinajstić information content (AvgIpc) is 2.94. The van der Waals surface area contributed by atoms with Crippen molar-refractivity contribution in [2.24, 2.45) is 0 Å². The molecule has 1 aromatic rings. The zero-order chi connectivity index (χ0) is 21.6. The summed E-state index contributed by atoms with van der Waals surface area (Å²) >= 11 is 0. The Kier molecular flexibility index (Phi) is 7.46. The maximum atomic E-state index is 13.3. The number of benzene rings is 1. The maximum Gasteiger partial charge on any atom is 0.326 e. The lowest BCUT2D eigenvalue weighted by atomic mass is 9.84. The van der Waals surface area contributed by atoms with E-state index in [1.807, 2.05) is 26.2 Å². The van der Waals surface area contributed by atoms with Crippen LogP contribution in [0.1, 0.15) is 56.1 Å². The summed E-state index contributed by atoms with van der Waals surface area (Å²) in [5.74, 6) is -0.0657. The third-order valence-corrected chi connectivity index (χ3v) is 6.15. The predicted octanol–water partition coefficient (Wildman–Crippen LogP) is 2.91. The van der Waals surface area contributed by atoms with Gasteiger partial charge in [0.2, 0.25) is 0 Å². The minimum absolute atomic E-state index is 0.0657. The summed E-state index contributed by atoms with van der Waals surface area (Å²) in [6.45, 7) is 2.45. The second-order valence-corrected chi connectivity index (χ2v) is 8.82. The highest BCUT2D eigenvalue weighted by atomic mass is 16.2. The van der Waals surface area contributed by atoms with Gasteiger partial charge >= 0.3 is 6.03 Å². The molecule has 1 aromatic carbocycles. The van der Waals surface area contributed by atoms with Gasteiger partial charge in [-0.3, -0.25) is 9.69 Å². The van der Waals surface area contributed by atoms with E-state index in [0.717, 1.165) is 57.2 Å². The Labute approximate surface area is 179 Å². The van der Waals surface area contributed by atoms with E-state index >= 15 is 0 Å². The first-order valence-electron chi connectivity index (χ1n) is 10.9. The van der Waals surface area contributed by atoms with E-state index in [2.05, 4.69) is 21.2 Å². The van der Waals surface area contributed by atoms with Gasteiger partial charge < -0.3 is 10.2 Å². The molecule has 30 heavy (non-hydrogen) atoms. The number of hydrogen-bond donors (Lipinski definition) is 1. The highest BCUT2D eigenvalue weighted by molar-refractivity contribution is 6.07. The molecule has 3 rings (SSSR count). The molecule has 1 saturated heterocycles. The molecule has 0 radical (unpaired) electrons. The molecule has 3 amide bonds. The highest BCUT2D eigenvalue weighted by Crippen LogP contribution is 2.32. The molecule has 1 heterocycles. The van der Waals surface area contributed by atoms with Gasteiger partial charge in [-0.2, -0.15) is 5.26 Å². The van der Waals surface area contributed by atoms with Crippen molar-refractivity contribution in [2.75, 3.05) is 33.9 Å². The van der Waals surface area contributed by atoms with Crippen molar-refractivity contribution in [3.63, 3.8) is 0 Å². The van der Waals surface area contributed by atoms with Gasteiger partial charge in [0.05, 0.1) is 18.3 Å². The zero-order valence-corrected chi connectivity index (χ0v) is 18.2. The molecule has 1 saturated carbocycles. The van der Waals surface area contributed by atoms with Crippen LogP contribution in [0.4, 0.5) is 4.79 Å². The molecule has 1 aliphatic carbocycles. The highest BCUT2D eigenvalue weighted by Gasteiger charge is 2.50. The van der Waals surface area contributed by atoms with Gasteiger partial charge in [0.15, 0.2) is 0 Å². The third-order valence-electron chi connectivity index (χ3n) is 6.15. The van der Waals surface area contributed by atoms with E-state index in [9.17, 15) is 9.59 Å². The first-order valence-corrected chi connectivity index (χ1v) is 10.9. The summed E-state index contributed by atoms with van der Waals surface area (Å²) in [6.07, 6.45) is 6.90. The molecular formula is C23H33N5O2. The third kappa shape index (κ3) is 5.38. The largest absolute Gasteiger partial charge is 0.326 e. The summed E-state index contributed by atoms with van der Waals surface area (Å²) in [6, 6.07) is 9.34. The van der Waals surface area contributed by atoms with Crippen molar-refractivity contribution in [3.05, 3.63) is 35.4 Å². The summed E-state index contributed by atoms with van der Waals surface area (Å²) in [7, 11) is 4.02. The predicted molar refractivity (Wildman–Crippen MR) is 115 cm³/mol. The number of nitriles is 1. The van der Waals surface area contributed by atoms with Crippen LogP contribution in [0, 0.1) is 11.3 Å². The second-order valence-electron chi connectivity index (χ2n) is 8.82. The van der Waals surface area contributed by atoms with Crippen molar-refractivity contribution in [2.45, 2.75) is 57.0 Å². The van der Waals surface area contributed by atoms with E-state index in [-0.39, 0.29) is 18.6 Å². The van der Waals surface area contributed by atoms with Crippen molar-refractivity contribution in [1.82, 2.24) is 20.0 Å². The summed E-state index contributed by atoms with van der Waals surface area (Å²) in [4.78, 5) is 31.7.